The first-order valence-corrected chi connectivity index (χ1v) is 11.0. The van der Waals surface area contributed by atoms with Crippen molar-refractivity contribution in [1.29, 1.82) is 0 Å². The molecule has 1 aromatic rings. The van der Waals surface area contributed by atoms with E-state index in [0.29, 0.717) is 12.0 Å². The first-order chi connectivity index (χ1) is 13.6. The van der Waals surface area contributed by atoms with E-state index in [0.717, 1.165) is 38.7 Å². The normalized spacial score (nSPS) is 23.8. The summed E-state index contributed by atoms with van der Waals surface area (Å²) in [5.41, 5.74) is 2.59. The second-order valence-corrected chi connectivity index (χ2v) is 8.45. The zero-order chi connectivity index (χ0) is 19.9. The Bertz CT molecular complexity index is 652. The van der Waals surface area contributed by atoms with E-state index >= 15 is 0 Å². The Balaban J connectivity index is 0.00000300. The minimum absolute atomic E-state index is 0. The zero-order valence-electron chi connectivity index (χ0n) is 18.6. The van der Waals surface area contributed by atoms with Crippen molar-refractivity contribution in [2.75, 3.05) is 45.9 Å². The predicted octanol–water partition coefficient (Wildman–Crippen LogP) is 4.07. The lowest BCUT2D eigenvalue weighted by molar-refractivity contribution is -0.00837. The van der Waals surface area contributed by atoms with E-state index in [9.17, 15) is 0 Å². The molecule has 1 N–H and O–H groups in total. The number of aryl methyl sites for hydroxylation is 1. The van der Waals surface area contributed by atoms with Gasteiger partial charge in [-0.2, -0.15) is 0 Å². The summed E-state index contributed by atoms with van der Waals surface area (Å²) in [5, 5.41) is 3.52. The predicted molar refractivity (Wildman–Crippen MR) is 132 cm³/mol. The summed E-state index contributed by atoms with van der Waals surface area (Å²) >= 11 is 0. The van der Waals surface area contributed by atoms with Crippen molar-refractivity contribution in [1.82, 2.24) is 15.1 Å². The Morgan fingerprint density at radius 2 is 2.03 bits per heavy atom. The number of halogens is 1. The molecule has 164 valence electrons. The number of nitrogens with zero attached hydrogens (tertiary/aromatic N) is 3. The van der Waals surface area contributed by atoms with Crippen LogP contribution in [-0.2, 0) is 4.74 Å². The number of rotatable bonds is 5. The summed E-state index contributed by atoms with van der Waals surface area (Å²) in [7, 11) is 0. The van der Waals surface area contributed by atoms with Gasteiger partial charge in [0.15, 0.2) is 5.96 Å². The number of likely N-dealkylation sites (tertiary alicyclic amines) is 1. The average Bonchev–Trinajstić information content (AvgIpc) is 2.72. The molecular formula is C23H39IN4O. The molecule has 0 bridgehead atoms. The van der Waals surface area contributed by atoms with Gasteiger partial charge in [0, 0.05) is 32.2 Å². The minimum atomic E-state index is 0. The number of morpholine rings is 1. The SMILES string of the molecule is CCNC(=NCC1CCCN(C(C)C)C1)N1CCOC(c2ccccc2C)C1.I. The van der Waals surface area contributed by atoms with E-state index in [4.69, 9.17) is 9.73 Å². The summed E-state index contributed by atoms with van der Waals surface area (Å²) < 4.78 is 6.11. The molecule has 2 fully saturated rings. The standard InChI is InChI=1S/C23H38N4O.HI/c1-5-24-23(25-15-20-10-8-12-26(16-20)18(2)3)27-13-14-28-22(17-27)21-11-7-6-9-19(21)4;/h6-7,9,11,18,20,22H,5,8,10,12-17H2,1-4H3,(H,24,25);1H. The Labute approximate surface area is 194 Å². The summed E-state index contributed by atoms with van der Waals surface area (Å²) in [6, 6.07) is 9.19. The van der Waals surface area contributed by atoms with Gasteiger partial charge in [0.25, 0.3) is 0 Å². The number of benzene rings is 1. The molecule has 0 amide bonds. The number of piperidine rings is 1. The van der Waals surface area contributed by atoms with Gasteiger partial charge in [0.05, 0.1) is 13.2 Å². The number of hydrogen-bond donors (Lipinski definition) is 1. The van der Waals surface area contributed by atoms with Crippen LogP contribution in [0.3, 0.4) is 0 Å². The summed E-state index contributed by atoms with van der Waals surface area (Å²) in [6.45, 7) is 15.6. The highest BCUT2D eigenvalue weighted by Gasteiger charge is 2.26. The fourth-order valence-corrected chi connectivity index (χ4v) is 4.33. The average molecular weight is 514 g/mol. The van der Waals surface area contributed by atoms with Crippen molar-refractivity contribution in [3.05, 3.63) is 35.4 Å². The van der Waals surface area contributed by atoms with Crippen LogP contribution in [-0.4, -0.2) is 67.7 Å². The fraction of sp³-hybridized carbons (Fsp3) is 0.696. The number of nitrogens with one attached hydrogen (secondary N) is 1. The molecule has 3 rings (SSSR count). The third kappa shape index (κ3) is 6.82. The molecule has 2 aliphatic heterocycles. The molecule has 2 heterocycles. The van der Waals surface area contributed by atoms with E-state index in [1.54, 1.807) is 0 Å². The topological polar surface area (TPSA) is 40.1 Å². The van der Waals surface area contributed by atoms with Gasteiger partial charge in [-0.3, -0.25) is 4.99 Å². The second-order valence-electron chi connectivity index (χ2n) is 8.45. The van der Waals surface area contributed by atoms with Crippen molar-refractivity contribution in [2.45, 2.75) is 52.7 Å². The van der Waals surface area contributed by atoms with Crippen LogP contribution in [0.2, 0.25) is 0 Å². The third-order valence-electron chi connectivity index (χ3n) is 6.02. The molecule has 5 nitrogen and oxygen atoms in total. The summed E-state index contributed by atoms with van der Waals surface area (Å²) in [6.07, 6.45) is 2.70. The molecule has 6 heteroatoms. The molecule has 2 saturated heterocycles. The van der Waals surface area contributed by atoms with Crippen molar-refractivity contribution in [3.63, 3.8) is 0 Å². The molecule has 0 aliphatic carbocycles. The highest BCUT2D eigenvalue weighted by Crippen LogP contribution is 2.25. The monoisotopic (exact) mass is 514 g/mol. The maximum Gasteiger partial charge on any atom is 0.194 e. The summed E-state index contributed by atoms with van der Waals surface area (Å²) in [5.74, 6) is 1.71. The molecule has 0 aromatic heterocycles. The molecule has 1 aromatic carbocycles. The second kappa shape index (κ2) is 12.1. The van der Waals surface area contributed by atoms with Crippen LogP contribution in [0.1, 0.15) is 50.8 Å². The van der Waals surface area contributed by atoms with E-state index in [2.05, 4.69) is 67.1 Å². The molecule has 2 atom stereocenters. The molecular weight excluding hydrogens is 475 g/mol. The third-order valence-corrected chi connectivity index (χ3v) is 6.02. The van der Waals surface area contributed by atoms with Gasteiger partial charge < -0.3 is 19.9 Å². The van der Waals surface area contributed by atoms with Crippen molar-refractivity contribution in [2.24, 2.45) is 10.9 Å². The molecule has 2 aliphatic rings. The van der Waals surface area contributed by atoms with E-state index in [1.165, 1.54) is 37.1 Å². The van der Waals surface area contributed by atoms with Crippen LogP contribution in [0.15, 0.2) is 29.3 Å². The van der Waals surface area contributed by atoms with Gasteiger partial charge in [0.2, 0.25) is 0 Å². The lowest BCUT2D eigenvalue weighted by Gasteiger charge is -2.37. The number of guanidine groups is 1. The highest BCUT2D eigenvalue weighted by atomic mass is 127. The molecule has 29 heavy (non-hydrogen) atoms. The quantitative estimate of drug-likeness (QED) is 0.366. The summed E-state index contributed by atoms with van der Waals surface area (Å²) in [4.78, 5) is 10.0. The van der Waals surface area contributed by atoms with E-state index in [1.807, 2.05) is 0 Å². The molecule has 0 saturated carbocycles. The van der Waals surface area contributed by atoms with Gasteiger partial charge in [-0.05, 0) is 64.1 Å². The Kier molecular flexibility index (Phi) is 10.2. The Hall–Kier alpha value is -0.860. The lowest BCUT2D eigenvalue weighted by atomic mass is 9.97. The van der Waals surface area contributed by atoms with Crippen LogP contribution in [0.5, 0.6) is 0 Å². The van der Waals surface area contributed by atoms with Crippen LogP contribution >= 0.6 is 24.0 Å². The van der Waals surface area contributed by atoms with Gasteiger partial charge in [0.1, 0.15) is 6.10 Å². The Morgan fingerprint density at radius 1 is 1.24 bits per heavy atom. The first kappa shape index (κ1) is 24.4. The molecule has 2 unspecified atom stereocenters. The van der Waals surface area contributed by atoms with Crippen LogP contribution < -0.4 is 5.32 Å². The maximum atomic E-state index is 6.11. The van der Waals surface area contributed by atoms with Crippen molar-refractivity contribution < 1.29 is 4.74 Å². The first-order valence-electron chi connectivity index (χ1n) is 11.0. The largest absolute Gasteiger partial charge is 0.370 e. The lowest BCUT2D eigenvalue weighted by Crippen LogP contribution is -2.48. The smallest absolute Gasteiger partial charge is 0.194 e. The number of ether oxygens (including phenoxy) is 1. The number of aliphatic imine (C=N–C) groups is 1. The zero-order valence-corrected chi connectivity index (χ0v) is 20.9. The van der Waals surface area contributed by atoms with Gasteiger partial charge in [-0.15, -0.1) is 24.0 Å². The molecule has 0 spiro atoms. The van der Waals surface area contributed by atoms with E-state index < -0.39 is 0 Å². The highest BCUT2D eigenvalue weighted by molar-refractivity contribution is 14.0. The van der Waals surface area contributed by atoms with Gasteiger partial charge >= 0.3 is 0 Å². The van der Waals surface area contributed by atoms with E-state index in [-0.39, 0.29) is 30.1 Å². The fourth-order valence-electron chi connectivity index (χ4n) is 4.33. The van der Waals surface area contributed by atoms with Crippen LogP contribution in [0, 0.1) is 12.8 Å². The van der Waals surface area contributed by atoms with Gasteiger partial charge in [-0.25, -0.2) is 0 Å². The minimum Gasteiger partial charge on any atom is -0.370 e. The molecule has 0 radical (unpaired) electrons. The maximum absolute atomic E-state index is 6.11. The van der Waals surface area contributed by atoms with Crippen LogP contribution in [0.25, 0.3) is 0 Å². The van der Waals surface area contributed by atoms with Crippen LogP contribution in [0.4, 0.5) is 0 Å². The number of hydrogen-bond acceptors (Lipinski definition) is 3. The van der Waals surface area contributed by atoms with Gasteiger partial charge in [-0.1, -0.05) is 24.3 Å². The van der Waals surface area contributed by atoms with Crippen molar-refractivity contribution in [3.8, 4) is 0 Å². The van der Waals surface area contributed by atoms with Crippen molar-refractivity contribution >= 4 is 29.9 Å². The Morgan fingerprint density at radius 3 is 2.76 bits per heavy atom.